The fraction of sp³-hybridized carbons (Fsp3) is 0.500. The van der Waals surface area contributed by atoms with E-state index in [9.17, 15) is 4.79 Å². The number of rotatable bonds is 6. The Hall–Kier alpha value is -2.48. The van der Waals surface area contributed by atoms with E-state index >= 15 is 0 Å². The molecule has 0 radical (unpaired) electrons. The van der Waals surface area contributed by atoms with Crippen LogP contribution in [0.15, 0.2) is 30.6 Å². The zero-order chi connectivity index (χ0) is 16.8. The molecule has 1 aliphatic heterocycles. The molecule has 1 fully saturated rings. The van der Waals surface area contributed by atoms with Crippen LogP contribution in [0.5, 0.6) is 0 Å². The molecule has 3 rings (SSSR count). The lowest BCUT2D eigenvalue weighted by Crippen LogP contribution is -2.33. The molecule has 24 heavy (non-hydrogen) atoms. The molecule has 0 spiro atoms. The number of likely N-dealkylation sites (tertiary alicyclic amines) is 1. The van der Waals surface area contributed by atoms with Crippen molar-refractivity contribution < 1.29 is 9.53 Å². The number of hydrogen-bond acceptors (Lipinski definition) is 5. The van der Waals surface area contributed by atoms with Crippen molar-refractivity contribution in [2.45, 2.75) is 19.8 Å². The van der Waals surface area contributed by atoms with Crippen LogP contribution in [0, 0.1) is 5.92 Å². The molecule has 1 aliphatic rings. The second-order valence-electron chi connectivity index (χ2n) is 5.91. The third-order valence-electron chi connectivity index (χ3n) is 4.01. The van der Waals surface area contributed by atoms with E-state index in [4.69, 9.17) is 4.74 Å². The SMILES string of the molecule is CCCOCC1CCN(C(=O)Nc2ccc(-n3cnnn3)cc2)C1. The Kier molecular flexibility index (Phi) is 5.37. The van der Waals surface area contributed by atoms with Gasteiger partial charge in [0.15, 0.2) is 0 Å². The molecule has 1 atom stereocenters. The van der Waals surface area contributed by atoms with Crippen molar-refractivity contribution in [3.8, 4) is 5.69 Å². The molecule has 1 aromatic carbocycles. The van der Waals surface area contributed by atoms with Crippen molar-refractivity contribution in [1.29, 1.82) is 0 Å². The fourth-order valence-electron chi connectivity index (χ4n) is 2.73. The molecule has 1 saturated heterocycles. The summed E-state index contributed by atoms with van der Waals surface area (Å²) in [6.07, 6.45) is 3.55. The Bertz CT molecular complexity index is 643. The van der Waals surface area contributed by atoms with Crippen LogP contribution in [0.3, 0.4) is 0 Å². The number of nitrogens with zero attached hydrogens (tertiary/aromatic N) is 5. The van der Waals surface area contributed by atoms with Gasteiger partial charge in [0, 0.05) is 31.3 Å². The van der Waals surface area contributed by atoms with E-state index in [0.717, 1.165) is 50.5 Å². The third kappa shape index (κ3) is 4.08. The number of tetrazole rings is 1. The lowest BCUT2D eigenvalue weighted by molar-refractivity contribution is 0.103. The Morgan fingerprint density at radius 3 is 2.92 bits per heavy atom. The van der Waals surface area contributed by atoms with Crippen molar-refractivity contribution in [3.63, 3.8) is 0 Å². The largest absolute Gasteiger partial charge is 0.381 e. The van der Waals surface area contributed by atoms with E-state index in [-0.39, 0.29) is 6.03 Å². The Morgan fingerprint density at radius 1 is 1.38 bits per heavy atom. The zero-order valence-electron chi connectivity index (χ0n) is 13.8. The van der Waals surface area contributed by atoms with Gasteiger partial charge in [-0.3, -0.25) is 0 Å². The van der Waals surface area contributed by atoms with Crippen molar-refractivity contribution in [3.05, 3.63) is 30.6 Å². The predicted octanol–water partition coefficient (Wildman–Crippen LogP) is 1.94. The summed E-state index contributed by atoms with van der Waals surface area (Å²) in [6, 6.07) is 7.33. The molecule has 8 heteroatoms. The highest BCUT2D eigenvalue weighted by atomic mass is 16.5. The highest BCUT2D eigenvalue weighted by Gasteiger charge is 2.26. The first kappa shape index (κ1) is 16.4. The van der Waals surface area contributed by atoms with Gasteiger partial charge in [-0.1, -0.05) is 6.92 Å². The second-order valence-corrected chi connectivity index (χ2v) is 5.91. The van der Waals surface area contributed by atoms with Crippen LogP contribution in [0.25, 0.3) is 5.69 Å². The maximum absolute atomic E-state index is 12.3. The van der Waals surface area contributed by atoms with Gasteiger partial charge in [0.05, 0.1) is 12.3 Å². The highest BCUT2D eigenvalue weighted by molar-refractivity contribution is 5.89. The van der Waals surface area contributed by atoms with Gasteiger partial charge in [-0.05, 0) is 47.5 Å². The van der Waals surface area contributed by atoms with E-state index in [1.807, 2.05) is 29.2 Å². The topological polar surface area (TPSA) is 85.2 Å². The number of benzene rings is 1. The quantitative estimate of drug-likeness (QED) is 0.818. The minimum atomic E-state index is -0.0665. The van der Waals surface area contributed by atoms with Crippen LogP contribution in [0.4, 0.5) is 10.5 Å². The Morgan fingerprint density at radius 2 is 2.21 bits per heavy atom. The third-order valence-corrected chi connectivity index (χ3v) is 4.01. The predicted molar refractivity (Wildman–Crippen MR) is 89.0 cm³/mol. The summed E-state index contributed by atoms with van der Waals surface area (Å²) >= 11 is 0. The van der Waals surface area contributed by atoms with E-state index < -0.39 is 0 Å². The molecule has 2 heterocycles. The molecule has 128 valence electrons. The maximum atomic E-state index is 12.3. The molecule has 2 amide bonds. The van der Waals surface area contributed by atoms with Gasteiger partial charge in [0.25, 0.3) is 0 Å². The molecule has 1 unspecified atom stereocenters. The van der Waals surface area contributed by atoms with Gasteiger partial charge in [-0.15, -0.1) is 5.10 Å². The molecular formula is C16H22N6O2. The van der Waals surface area contributed by atoms with Crippen molar-refractivity contribution in [2.24, 2.45) is 5.92 Å². The van der Waals surface area contributed by atoms with Gasteiger partial charge in [0.1, 0.15) is 6.33 Å². The van der Waals surface area contributed by atoms with Gasteiger partial charge < -0.3 is 15.0 Å². The van der Waals surface area contributed by atoms with Crippen LogP contribution in [0.2, 0.25) is 0 Å². The van der Waals surface area contributed by atoms with E-state index in [0.29, 0.717) is 5.92 Å². The summed E-state index contributed by atoms with van der Waals surface area (Å²) in [5.74, 6) is 0.435. The lowest BCUT2D eigenvalue weighted by Gasteiger charge is -2.17. The zero-order valence-corrected chi connectivity index (χ0v) is 13.8. The summed E-state index contributed by atoms with van der Waals surface area (Å²) in [5, 5.41) is 14.0. The first-order chi connectivity index (χ1) is 11.8. The normalized spacial score (nSPS) is 17.2. The molecule has 8 nitrogen and oxygen atoms in total. The van der Waals surface area contributed by atoms with Crippen molar-refractivity contribution in [2.75, 3.05) is 31.6 Å². The summed E-state index contributed by atoms with van der Waals surface area (Å²) < 4.78 is 7.15. The number of nitrogens with one attached hydrogen (secondary N) is 1. The summed E-state index contributed by atoms with van der Waals surface area (Å²) in [6.45, 7) is 5.14. The van der Waals surface area contributed by atoms with Crippen LogP contribution in [0.1, 0.15) is 19.8 Å². The molecule has 1 aromatic heterocycles. The van der Waals surface area contributed by atoms with Crippen molar-refractivity contribution >= 4 is 11.7 Å². The average molecular weight is 330 g/mol. The lowest BCUT2D eigenvalue weighted by atomic mass is 10.1. The van der Waals surface area contributed by atoms with Crippen LogP contribution < -0.4 is 5.32 Å². The number of carbonyl (C=O) groups excluding carboxylic acids is 1. The molecule has 0 bridgehead atoms. The Balaban J connectivity index is 1.50. The molecule has 0 saturated carbocycles. The van der Waals surface area contributed by atoms with E-state index in [1.54, 1.807) is 4.68 Å². The summed E-state index contributed by atoms with van der Waals surface area (Å²) in [4.78, 5) is 14.2. The smallest absolute Gasteiger partial charge is 0.321 e. The molecule has 1 N–H and O–H groups in total. The fourth-order valence-corrected chi connectivity index (χ4v) is 2.73. The maximum Gasteiger partial charge on any atom is 0.321 e. The first-order valence-electron chi connectivity index (χ1n) is 8.23. The number of ether oxygens (including phenoxy) is 1. The number of urea groups is 1. The monoisotopic (exact) mass is 330 g/mol. The number of anilines is 1. The second kappa shape index (κ2) is 7.87. The molecule has 0 aliphatic carbocycles. The van der Waals surface area contributed by atoms with E-state index in [1.165, 1.54) is 6.33 Å². The average Bonchev–Trinajstić information content (AvgIpc) is 3.28. The summed E-state index contributed by atoms with van der Waals surface area (Å²) in [5.41, 5.74) is 1.59. The van der Waals surface area contributed by atoms with Gasteiger partial charge in [-0.25, -0.2) is 9.48 Å². The number of amides is 2. The minimum absolute atomic E-state index is 0.0665. The van der Waals surface area contributed by atoms with Crippen LogP contribution in [-0.4, -0.2) is 57.4 Å². The van der Waals surface area contributed by atoms with Gasteiger partial charge >= 0.3 is 6.03 Å². The number of carbonyl (C=O) groups is 1. The highest BCUT2D eigenvalue weighted by Crippen LogP contribution is 2.19. The van der Waals surface area contributed by atoms with Gasteiger partial charge in [0.2, 0.25) is 0 Å². The van der Waals surface area contributed by atoms with E-state index in [2.05, 4.69) is 27.8 Å². The van der Waals surface area contributed by atoms with Crippen LogP contribution >= 0.6 is 0 Å². The molecule has 2 aromatic rings. The Labute approximate surface area is 140 Å². The van der Waals surface area contributed by atoms with Crippen LogP contribution in [-0.2, 0) is 4.74 Å². The van der Waals surface area contributed by atoms with Crippen molar-refractivity contribution in [1.82, 2.24) is 25.1 Å². The molecular weight excluding hydrogens is 308 g/mol. The number of hydrogen-bond donors (Lipinski definition) is 1. The standard InChI is InChI=1S/C16H22N6O2/c1-2-9-24-11-13-7-8-21(10-13)16(23)18-14-3-5-15(6-4-14)22-12-17-19-20-22/h3-6,12-13H,2,7-11H2,1H3,(H,18,23). The first-order valence-corrected chi connectivity index (χ1v) is 8.23. The van der Waals surface area contributed by atoms with Gasteiger partial charge in [-0.2, -0.15) is 0 Å². The minimum Gasteiger partial charge on any atom is -0.381 e. The number of aromatic nitrogens is 4. The summed E-state index contributed by atoms with van der Waals surface area (Å²) in [7, 11) is 0.